The van der Waals surface area contributed by atoms with E-state index in [1.54, 1.807) is 18.2 Å². The highest BCUT2D eigenvalue weighted by Gasteiger charge is 2.15. The van der Waals surface area contributed by atoms with Gasteiger partial charge in [0, 0.05) is 5.69 Å². The van der Waals surface area contributed by atoms with Crippen molar-refractivity contribution in [2.75, 3.05) is 16.6 Å². The molecule has 0 aliphatic rings. The fourth-order valence-corrected chi connectivity index (χ4v) is 3.79. The van der Waals surface area contributed by atoms with Crippen molar-refractivity contribution in [2.45, 2.75) is 18.7 Å². The Morgan fingerprint density at radius 1 is 0.931 bits per heavy atom. The molecular weight excluding hydrogens is 388 g/mol. The zero-order valence-electron chi connectivity index (χ0n) is 16.2. The van der Waals surface area contributed by atoms with E-state index in [0.29, 0.717) is 17.1 Å². The maximum Gasteiger partial charge on any atom is 0.262 e. The molecule has 3 aromatic rings. The van der Waals surface area contributed by atoms with E-state index in [9.17, 15) is 13.2 Å². The van der Waals surface area contributed by atoms with Crippen molar-refractivity contribution in [3.63, 3.8) is 0 Å². The minimum atomic E-state index is -3.72. The predicted molar refractivity (Wildman–Crippen MR) is 114 cm³/mol. The number of rotatable bonds is 7. The van der Waals surface area contributed by atoms with Crippen LogP contribution in [0.1, 0.15) is 11.1 Å². The Labute approximate surface area is 170 Å². The molecular formula is C22H22N2O4S. The molecule has 0 bridgehead atoms. The van der Waals surface area contributed by atoms with Crippen LogP contribution in [0.4, 0.5) is 11.4 Å². The fraction of sp³-hybridized carbons (Fsp3) is 0.136. The number of hydrogen-bond acceptors (Lipinski definition) is 4. The average Bonchev–Trinajstić information content (AvgIpc) is 2.69. The molecule has 0 radical (unpaired) electrons. The van der Waals surface area contributed by atoms with Crippen LogP contribution in [0.2, 0.25) is 0 Å². The summed E-state index contributed by atoms with van der Waals surface area (Å²) in [4.78, 5) is 12.2. The van der Waals surface area contributed by atoms with Crippen molar-refractivity contribution in [3.8, 4) is 5.75 Å². The maximum absolute atomic E-state index is 12.6. The topological polar surface area (TPSA) is 84.5 Å². The van der Waals surface area contributed by atoms with Crippen molar-refractivity contribution in [1.82, 2.24) is 0 Å². The number of ether oxygens (including phenoxy) is 1. The Morgan fingerprint density at radius 2 is 1.66 bits per heavy atom. The third-order valence-corrected chi connectivity index (χ3v) is 5.58. The summed E-state index contributed by atoms with van der Waals surface area (Å²) in [5.74, 6) is 0.281. The van der Waals surface area contributed by atoms with Gasteiger partial charge in [0.25, 0.3) is 15.9 Å². The van der Waals surface area contributed by atoms with Gasteiger partial charge < -0.3 is 10.1 Å². The summed E-state index contributed by atoms with van der Waals surface area (Å²) in [6, 6.07) is 20.5. The lowest BCUT2D eigenvalue weighted by atomic mass is 10.2. The third kappa shape index (κ3) is 5.58. The van der Waals surface area contributed by atoms with E-state index in [4.69, 9.17) is 4.74 Å². The molecule has 3 rings (SSSR count). The SMILES string of the molecule is Cc1cccc(OCC(=O)Nc2ccc(S(=O)(=O)Nc3ccccc3C)cc2)c1. The van der Waals surface area contributed by atoms with Crippen LogP contribution in [0.25, 0.3) is 0 Å². The fourth-order valence-electron chi connectivity index (χ4n) is 2.66. The van der Waals surface area contributed by atoms with E-state index < -0.39 is 10.0 Å². The molecule has 0 saturated carbocycles. The standard InChI is InChI=1S/C22H22N2O4S/c1-16-6-5-8-19(14-16)28-15-22(25)23-18-10-12-20(13-11-18)29(26,27)24-21-9-4-3-7-17(21)2/h3-14,24H,15H2,1-2H3,(H,23,25). The van der Waals surface area contributed by atoms with Gasteiger partial charge in [-0.2, -0.15) is 0 Å². The molecule has 0 heterocycles. The number of sulfonamides is 1. The highest BCUT2D eigenvalue weighted by atomic mass is 32.2. The molecule has 0 aromatic heterocycles. The molecule has 6 nitrogen and oxygen atoms in total. The van der Waals surface area contributed by atoms with Crippen molar-refractivity contribution >= 4 is 27.3 Å². The molecule has 0 atom stereocenters. The van der Waals surface area contributed by atoms with Crippen molar-refractivity contribution in [3.05, 3.63) is 83.9 Å². The van der Waals surface area contributed by atoms with E-state index in [-0.39, 0.29) is 17.4 Å². The van der Waals surface area contributed by atoms with E-state index in [0.717, 1.165) is 11.1 Å². The van der Waals surface area contributed by atoms with Gasteiger partial charge in [-0.05, 0) is 67.4 Å². The number of nitrogens with one attached hydrogen (secondary N) is 2. The van der Waals surface area contributed by atoms with Crippen molar-refractivity contribution < 1.29 is 17.9 Å². The van der Waals surface area contributed by atoms with Crippen LogP contribution >= 0.6 is 0 Å². The summed E-state index contributed by atoms with van der Waals surface area (Å²) >= 11 is 0. The Balaban J connectivity index is 1.60. The smallest absolute Gasteiger partial charge is 0.262 e. The van der Waals surface area contributed by atoms with Crippen LogP contribution in [0, 0.1) is 13.8 Å². The summed E-state index contributed by atoms with van der Waals surface area (Å²) in [6.45, 7) is 3.63. The quantitative estimate of drug-likeness (QED) is 0.614. The van der Waals surface area contributed by atoms with E-state index in [2.05, 4.69) is 10.0 Å². The largest absolute Gasteiger partial charge is 0.484 e. The molecule has 29 heavy (non-hydrogen) atoms. The van der Waals surface area contributed by atoms with Crippen LogP contribution in [-0.4, -0.2) is 20.9 Å². The second kappa shape index (κ2) is 8.79. The zero-order chi connectivity index (χ0) is 20.9. The lowest BCUT2D eigenvalue weighted by molar-refractivity contribution is -0.118. The van der Waals surface area contributed by atoms with Crippen LogP contribution in [0.15, 0.2) is 77.7 Å². The van der Waals surface area contributed by atoms with E-state index in [1.165, 1.54) is 24.3 Å². The average molecular weight is 410 g/mol. The van der Waals surface area contributed by atoms with Crippen molar-refractivity contribution in [1.29, 1.82) is 0 Å². The monoisotopic (exact) mass is 410 g/mol. The highest BCUT2D eigenvalue weighted by Crippen LogP contribution is 2.20. The molecule has 0 aliphatic heterocycles. The summed E-state index contributed by atoms with van der Waals surface area (Å²) in [5.41, 5.74) is 2.88. The van der Waals surface area contributed by atoms with Gasteiger partial charge in [0.2, 0.25) is 0 Å². The second-order valence-corrected chi connectivity index (χ2v) is 8.28. The number of amides is 1. The van der Waals surface area contributed by atoms with Gasteiger partial charge in [-0.3, -0.25) is 9.52 Å². The number of benzene rings is 3. The molecule has 3 aromatic carbocycles. The third-order valence-electron chi connectivity index (χ3n) is 4.20. The minimum absolute atomic E-state index is 0.106. The Kier molecular flexibility index (Phi) is 6.19. The predicted octanol–water partition coefficient (Wildman–Crippen LogP) is 4.12. The number of aryl methyl sites for hydroxylation is 2. The molecule has 0 aliphatic carbocycles. The van der Waals surface area contributed by atoms with Gasteiger partial charge in [-0.1, -0.05) is 30.3 Å². The summed E-state index contributed by atoms with van der Waals surface area (Å²) in [7, 11) is -3.72. The molecule has 1 amide bonds. The molecule has 0 unspecified atom stereocenters. The molecule has 0 saturated heterocycles. The van der Waals surface area contributed by atoms with Gasteiger partial charge in [0.1, 0.15) is 5.75 Å². The Bertz CT molecular complexity index is 1110. The van der Waals surface area contributed by atoms with Gasteiger partial charge in [0.15, 0.2) is 6.61 Å². The first-order valence-electron chi connectivity index (χ1n) is 9.01. The van der Waals surface area contributed by atoms with Crippen molar-refractivity contribution in [2.24, 2.45) is 0 Å². The Morgan fingerprint density at radius 3 is 2.34 bits per heavy atom. The van der Waals surface area contributed by atoms with Gasteiger partial charge in [-0.25, -0.2) is 8.42 Å². The summed E-state index contributed by atoms with van der Waals surface area (Å²) in [5, 5.41) is 2.69. The van der Waals surface area contributed by atoms with Crippen LogP contribution in [0.5, 0.6) is 5.75 Å². The molecule has 0 spiro atoms. The van der Waals surface area contributed by atoms with Gasteiger partial charge >= 0.3 is 0 Å². The van der Waals surface area contributed by atoms with E-state index in [1.807, 2.05) is 44.2 Å². The first kappa shape index (κ1) is 20.4. The number of hydrogen-bond donors (Lipinski definition) is 2. The second-order valence-electron chi connectivity index (χ2n) is 6.60. The molecule has 0 fully saturated rings. The number of para-hydroxylation sites is 1. The first-order chi connectivity index (χ1) is 13.8. The molecule has 150 valence electrons. The van der Waals surface area contributed by atoms with Gasteiger partial charge in [0.05, 0.1) is 10.6 Å². The van der Waals surface area contributed by atoms with Crippen LogP contribution < -0.4 is 14.8 Å². The molecule has 2 N–H and O–H groups in total. The minimum Gasteiger partial charge on any atom is -0.484 e. The first-order valence-corrected chi connectivity index (χ1v) is 10.5. The highest BCUT2D eigenvalue weighted by molar-refractivity contribution is 7.92. The van der Waals surface area contributed by atoms with Crippen LogP contribution in [0.3, 0.4) is 0 Å². The summed E-state index contributed by atoms with van der Waals surface area (Å²) in [6.07, 6.45) is 0. The maximum atomic E-state index is 12.6. The summed E-state index contributed by atoms with van der Waals surface area (Å²) < 4.78 is 33.1. The van der Waals surface area contributed by atoms with Gasteiger partial charge in [-0.15, -0.1) is 0 Å². The number of carbonyl (C=O) groups is 1. The molecule has 7 heteroatoms. The lowest BCUT2D eigenvalue weighted by Crippen LogP contribution is -2.20. The normalized spacial score (nSPS) is 11.0. The van der Waals surface area contributed by atoms with Crippen LogP contribution in [-0.2, 0) is 14.8 Å². The van der Waals surface area contributed by atoms with E-state index >= 15 is 0 Å². The lowest BCUT2D eigenvalue weighted by Gasteiger charge is -2.11. The Hall–Kier alpha value is -3.32. The zero-order valence-corrected chi connectivity index (χ0v) is 17.0. The number of anilines is 2. The number of carbonyl (C=O) groups excluding carboxylic acids is 1.